The zero-order valence-corrected chi connectivity index (χ0v) is 22.4. The number of aromatic amines is 1. The van der Waals surface area contributed by atoms with Crippen molar-refractivity contribution < 1.29 is 24.4 Å². The molecule has 0 bridgehead atoms. The number of hydrogen-bond donors (Lipinski definition) is 3. The Morgan fingerprint density at radius 1 is 0.600 bits per heavy atom. The van der Waals surface area contributed by atoms with Gasteiger partial charge in [0.15, 0.2) is 0 Å². The lowest BCUT2D eigenvalue weighted by atomic mass is 9.83. The van der Waals surface area contributed by atoms with Crippen LogP contribution in [-0.4, -0.2) is 36.5 Å². The van der Waals surface area contributed by atoms with Crippen molar-refractivity contribution in [3.63, 3.8) is 0 Å². The second kappa shape index (κ2) is 10.2. The summed E-state index contributed by atoms with van der Waals surface area (Å²) in [4.78, 5) is 3.65. The maximum Gasteiger partial charge on any atom is 0.124 e. The largest absolute Gasteiger partial charge is 0.508 e. The van der Waals surface area contributed by atoms with Gasteiger partial charge in [-0.1, -0.05) is 48.5 Å². The maximum absolute atomic E-state index is 11.4. The molecule has 0 aliphatic carbocycles. The molecule has 3 N–H and O–H groups in total. The van der Waals surface area contributed by atoms with Gasteiger partial charge in [0.05, 0.1) is 27.2 Å². The highest BCUT2D eigenvalue weighted by Gasteiger charge is 2.30. The van der Waals surface area contributed by atoms with Crippen LogP contribution in [0.1, 0.15) is 22.7 Å². The Hall–Kier alpha value is -5.10. The molecule has 0 saturated carbocycles. The fraction of sp³-hybridized carbons (Fsp3) is 0.118. The highest BCUT2D eigenvalue weighted by Crippen LogP contribution is 2.50. The lowest BCUT2D eigenvalue weighted by Gasteiger charge is -2.23. The molecule has 40 heavy (non-hydrogen) atoms. The minimum absolute atomic E-state index is 0.116. The normalized spacial score (nSPS) is 12.0. The first kappa shape index (κ1) is 25.2. The molecule has 0 fully saturated rings. The van der Waals surface area contributed by atoms with E-state index < -0.39 is 5.92 Å². The van der Waals surface area contributed by atoms with Crippen LogP contribution in [0.5, 0.6) is 28.7 Å². The fourth-order valence-electron chi connectivity index (χ4n) is 5.60. The number of phenolic OH excluding ortho intramolecular Hbond substituents is 2. The van der Waals surface area contributed by atoms with Crippen LogP contribution < -0.4 is 14.2 Å². The topological polar surface area (TPSA) is 83.9 Å². The van der Waals surface area contributed by atoms with Gasteiger partial charge in [0.1, 0.15) is 28.7 Å². The van der Waals surface area contributed by atoms with Gasteiger partial charge in [-0.25, -0.2) is 0 Å². The number of methoxy groups -OCH3 is 3. The predicted molar refractivity (Wildman–Crippen MR) is 158 cm³/mol. The number of aromatic nitrogens is 1. The molecule has 1 aromatic heterocycles. The standard InChI is InChI=1S/C34H29NO5/c1-38-21-14-12-20-13-16-29(37)32(25(20)18-21)33-23-8-4-6-10-27(23)35-34(33)31(24-9-5-7-11-30(24)40-3)26-19-22(39-2)15-17-28(26)36/h4-19,31,35-37H,1-3H3. The quantitative estimate of drug-likeness (QED) is 0.198. The molecule has 6 aromatic rings. The van der Waals surface area contributed by atoms with Crippen molar-refractivity contribution in [2.75, 3.05) is 21.3 Å². The molecule has 6 heteroatoms. The van der Waals surface area contributed by atoms with Crippen LogP contribution in [0.15, 0.2) is 97.1 Å². The van der Waals surface area contributed by atoms with Crippen molar-refractivity contribution in [2.45, 2.75) is 5.92 Å². The Kier molecular flexibility index (Phi) is 6.44. The van der Waals surface area contributed by atoms with E-state index in [-0.39, 0.29) is 11.5 Å². The molecular formula is C34H29NO5. The molecule has 0 spiro atoms. The number of aromatic hydroxyl groups is 2. The van der Waals surface area contributed by atoms with E-state index in [9.17, 15) is 10.2 Å². The Bertz CT molecular complexity index is 1860. The van der Waals surface area contributed by atoms with Crippen LogP contribution in [-0.2, 0) is 0 Å². The molecule has 0 saturated heterocycles. The average molecular weight is 532 g/mol. The van der Waals surface area contributed by atoms with Gasteiger partial charge in [0, 0.05) is 38.9 Å². The third-order valence-electron chi connectivity index (χ3n) is 7.48. The highest BCUT2D eigenvalue weighted by molar-refractivity contribution is 6.09. The number of phenols is 2. The van der Waals surface area contributed by atoms with Gasteiger partial charge in [0.2, 0.25) is 0 Å². The molecule has 6 rings (SSSR count). The van der Waals surface area contributed by atoms with Gasteiger partial charge in [-0.05, 0) is 59.3 Å². The first-order valence-electron chi connectivity index (χ1n) is 12.9. The van der Waals surface area contributed by atoms with Gasteiger partial charge in [-0.15, -0.1) is 0 Å². The van der Waals surface area contributed by atoms with E-state index in [1.165, 1.54) is 0 Å². The zero-order chi connectivity index (χ0) is 27.8. The molecule has 0 aliphatic rings. The Morgan fingerprint density at radius 2 is 1.27 bits per heavy atom. The number of H-pyrrole nitrogens is 1. The number of rotatable bonds is 7. The van der Waals surface area contributed by atoms with Crippen LogP contribution in [0.3, 0.4) is 0 Å². The summed E-state index contributed by atoms with van der Waals surface area (Å²) < 4.78 is 16.9. The number of hydrogen-bond acceptors (Lipinski definition) is 5. The summed E-state index contributed by atoms with van der Waals surface area (Å²) in [5, 5.41) is 25.4. The van der Waals surface area contributed by atoms with Crippen molar-refractivity contribution in [1.29, 1.82) is 0 Å². The lowest BCUT2D eigenvalue weighted by Crippen LogP contribution is -2.08. The van der Waals surface area contributed by atoms with Gasteiger partial charge in [-0.2, -0.15) is 0 Å². The van der Waals surface area contributed by atoms with Crippen LogP contribution in [0.2, 0.25) is 0 Å². The number of fused-ring (bicyclic) bond motifs is 2. The van der Waals surface area contributed by atoms with Crippen LogP contribution >= 0.6 is 0 Å². The summed E-state index contributed by atoms with van der Waals surface area (Å²) in [5.74, 6) is 1.72. The third kappa shape index (κ3) is 4.14. The number of ether oxygens (including phenoxy) is 3. The molecule has 1 heterocycles. The van der Waals surface area contributed by atoms with Crippen LogP contribution in [0, 0.1) is 0 Å². The van der Waals surface area contributed by atoms with E-state index in [4.69, 9.17) is 14.2 Å². The minimum atomic E-state index is -0.506. The van der Waals surface area contributed by atoms with Crippen molar-refractivity contribution in [3.8, 4) is 39.9 Å². The first-order valence-corrected chi connectivity index (χ1v) is 12.9. The SMILES string of the molecule is COc1ccc(O)c(C(c2ccccc2OC)c2[nH]c3ccccc3c2-c2c(O)ccc3ccc(OC)cc23)c1. The van der Waals surface area contributed by atoms with E-state index >= 15 is 0 Å². The van der Waals surface area contributed by atoms with Crippen LogP contribution in [0.25, 0.3) is 32.8 Å². The summed E-state index contributed by atoms with van der Waals surface area (Å²) >= 11 is 0. The summed E-state index contributed by atoms with van der Waals surface area (Å²) in [6, 6.07) is 30.4. The Labute approximate surface area is 232 Å². The fourth-order valence-corrected chi connectivity index (χ4v) is 5.60. The van der Waals surface area contributed by atoms with Gasteiger partial charge < -0.3 is 29.4 Å². The second-order valence-corrected chi connectivity index (χ2v) is 9.61. The summed E-state index contributed by atoms with van der Waals surface area (Å²) in [6.45, 7) is 0. The van der Waals surface area contributed by atoms with E-state index in [0.29, 0.717) is 28.4 Å². The maximum atomic E-state index is 11.4. The van der Waals surface area contributed by atoms with Crippen molar-refractivity contribution in [3.05, 3.63) is 114 Å². The molecule has 200 valence electrons. The molecular weight excluding hydrogens is 502 g/mol. The molecule has 1 unspecified atom stereocenters. The molecule has 1 atom stereocenters. The van der Waals surface area contributed by atoms with E-state index in [0.717, 1.165) is 38.5 Å². The van der Waals surface area contributed by atoms with Gasteiger partial charge in [0.25, 0.3) is 0 Å². The molecule has 0 amide bonds. The lowest BCUT2D eigenvalue weighted by molar-refractivity contribution is 0.405. The number of para-hydroxylation sites is 2. The zero-order valence-electron chi connectivity index (χ0n) is 22.4. The van der Waals surface area contributed by atoms with E-state index in [2.05, 4.69) is 4.98 Å². The first-order chi connectivity index (χ1) is 19.5. The Morgan fingerprint density at radius 3 is 2.08 bits per heavy atom. The summed E-state index contributed by atoms with van der Waals surface area (Å²) in [5.41, 5.74) is 4.66. The van der Waals surface area contributed by atoms with E-state index in [1.807, 2.05) is 78.9 Å². The van der Waals surface area contributed by atoms with Gasteiger partial charge in [-0.3, -0.25) is 0 Å². The highest BCUT2D eigenvalue weighted by atomic mass is 16.5. The predicted octanol–water partition coefficient (Wildman–Crippen LogP) is 7.61. The van der Waals surface area contributed by atoms with Gasteiger partial charge >= 0.3 is 0 Å². The number of nitrogens with one attached hydrogen (secondary N) is 1. The molecule has 0 aliphatic heterocycles. The van der Waals surface area contributed by atoms with Crippen molar-refractivity contribution >= 4 is 21.7 Å². The third-order valence-corrected chi connectivity index (χ3v) is 7.48. The summed E-state index contributed by atoms with van der Waals surface area (Å²) in [7, 11) is 4.87. The van der Waals surface area contributed by atoms with Crippen molar-refractivity contribution in [2.24, 2.45) is 0 Å². The minimum Gasteiger partial charge on any atom is -0.508 e. The Balaban J connectivity index is 1.77. The molecule has 0 radical (unpaired) electrons. The van der Waals surface area contributed by atoms with Crippen molar-refractivity contribution in [1.82, 2.24) is 4.98 Å². The average Bonchev–Trinajstić information content (AvgIpc) is 3.36. The summed E-state index contributed by atoms with van der Waals surface area (Å²) in [6.07, 6.45) is 0. The smallest absolute Gasteiger partial charge is 0.124 e. The monoisotopic (exact) mass is 531 g/mol. The molecule has 6 nitrogen and oxygen atoms in total. The second-order valence-electron chi connectivity index (χ2n) is 9.61. The van der Waals surface area contributed by atoms with Crippen LogP contribution in [0.4, 0.5) is 0 Å². The number of benzene rings is 5. The molecule has 5 aromatic carbocycles. The van der Waals surface area contributed by atoms with E-state index in [1.54, 1.807) is 39.5 Å².